The Kier molecular flexibility index (Phi) is 10.3. The first-order valence-corrected chi connectivity index (χ1v) is 15.3. The lowest BCUT2D eigenvalue weighted by atomic mass is 10.0. The Balaban J connectivity index is 0.000000195. The second kappa shape index (κ2) is 14.3. The van der Waals surface area contributed by atoms with Gasteiger partial charge in [-0.2, -0.15) is 0 Å². The second-order valence-corrected chi connectivity index (χ2v) is 11.7. The number of carbonyl (C=O) groups is 1. The molecule has 1 atom stereocenters. The highest BCUT2D eigenvalue weighted by Gasteiger charge is 2.24. The fourth-order valence-electron chi connectivity index (χ4n) is 6.03. The Morgan fingerprint density at radius 3 is 2.50 bits per heavy atom. The Hall–Kier alpha value is -3.77. The van der Waals surface area contributed by atoms with E-state index in [2.05, 4.69) is 21.7 Å². The maximum absolute atomic E-state index is 11.2. The zero-order valence-electron chi connectivity index (χ0n) is 25.8. The summed E-state index contributed by atoms with van der Waals surface area (Å²) in [5.74, 6) is 0.832. The maximum atomic E-state index is 11.2. The number of carboxylic acids is 1. The number of hydrogen-bond acceptors (Lipinski definition) is 9. The molecule has 2 saturated heterocycles. The number of likely N-dealkylation sites (tertiary alicyclic amines) is 2. The van der Waals surface area contributed by atoms with Crippen LogP contribution in [0.25, 0.3) is 21.9 Å². The summed E-state index contributed by atoms with van der Waals surface area (Å²) in [5, 5.41) is 20.2. The molecule has 44 heavy (non-hydrogen) atoms. The van der Waals surface area contributed by atoms with Crippen LogP contribution in [-0.2, 0) is 6.61 Å². The molecule has 0 aliphatic carbocycles. The fourth-order valence-corrected chi connectivity index (χ4v) is 6.03. The van der Waals surface area contributed by atoms with Crippen molar-refractivity contribution in [2.45, 2.75) is 57.4 Å². The first-order chi connectivity index (χ1) is 21.2. The summed E-state index contributed by atoms with van der Waals surface area (Å²) in [6, 6.07) is 11.6. The topological polar surface area (TPSA) is 147 Å². The van der Waals surface area contributed by atoms with Crippen molar-refractivity contribution in [1.29, 1.82) is 0 Å². The summed E-state index contributed by atoms with van der Waals surface area (Å²) in [7, 11) is 3.16. The number of ether oxygens (including phenoxy) is 3. The van der Waals surface area contributed by atoms with Gasteiger partial charge in [-0.05, 0) is 63.9 Å². The van der Waals surface area contributed by atoms with Crippen molar-refractivity contribution in [3.05, 3.63) is 53.9 Å². The molecule has 0 unspecified atom stereocenters. The summed E-state index contributed by atoms with van der Waals surface area (Å²) >= 11 is 0. The third-order valence-corrected chi connectivity index (χ3v) is 8.66. The number of piperidine rings is 2. The Morgan fingerprint density at radius 1 is 1.07 bits per heavy atom. The molecule has 238 valence electrons. The maximum Gasteiger partial charge on any atom is 0.352 e. The van der Waals surface area contributed by atoms with Crippen LogP contribution in [0.3, 0.4) is 0 Å². The quantitative estimate of drug-likeness (QED) is 0.215. The van der Waals surface area contributed by atoms with E-state index in [0.29, 0.717) is 45.8 Å². The van der Waals surface area contributed by atoms with Crippen LogP contribution in [0.15, 0.2) is 47.1 Å². The molecule has 11 heteroatoms. The van der Waals surface area contributed by atoms with Gasteiger partial charge in [0.15, 0.2) is 0 Å². The minimum absolute atomic E-state index is 0.0635. The van der Waals surface area contributed by atoms with Crippen molar-refractivity contribution in [1.82, 2.24) is 14.8 Å². The number of nitrogens with one attached hydrogen (secondary N) is 1. The predicted octanol–water partition coefficient (Wildman–Crippen LogP) is 4.46. The van der Waals surface area contributed by atoms with Crippen LogP contribution in [0.4, 0.5) is 0 Å². The number of carboxylic acid groups (broad SMARTS) is 1. The standard InChI is InChI=1S/C20H17NO6.C13H27N3O/c1-24-12-6-17(25-2)19-11(10-27-18(19)7-12)9-26-16-5-3-4-14-13(16)8-15(21-14)20(22)23;1-11(16-8-4-13(17)5-9-16)10-15-6-2-12(14)3-7-15/h3-8,10,21H,9H2,1-2H3,(H,22,23);11-13,17H,2-10,14H2,1H3/t;11-/m.0/s1. The number of hydrogen-bond donors (Lipinski definition) is 4. The Labute approximate surface area is 257 Å². The number of H-pyrrole nitrogens is 1. The number of furan rings is 1. The lowest BCUT2D eigenvalue weighted by Gasteiger charge is -2.38. The van der Waals surface area contributed by atoms with E-state index in [1.54, 1.807) is 56.9 Å². The summed E-state index contributed by atoms with van der Waals surface area (Å²) in [5.41, 5.74) is 8.19. The van der Waals surface area contributed by atoms with Crippen molar-refractivity contribution in [2.75, 3.05) is 46.9 Å². The van der Waals surface area contributed by atoms with E-state index < -0.39 is 5.97 Å². The van der Waals surface area contributed by atoms with Crippen LogP contribution < -0.4 is 19.9 Å². The normalized spacial score (nSPS) is 17.8. The highest BCUT2D eigenvalue weighted by Crippen LogP contribution is 2.36. The van der Waals surface area contributed by atoms with Crippen LogP contribution in [0.5, 0.6) is 17.2 Å². The van der Waals surface area contributed by atoms with Crippen LogP contribution in [0.1, 0.15) is 48.7 Å². The van der Waals surface area contributed by atoms with Crippen LogP contribution in [0.2, 0.25) is 0 Å². The minimum atomic E-state index is -1.02. The molecule has 0 bridgehead atoms. The lowest BCUT2D eigenvalue weighted by Crippen LogP contribution is -2.49. The van der Waals surface area contributed by atoms with E-state index >= 15 is 0 Å². The number of fused-ring (bicyclic) bond motifs is 2. The van der Waals surface area contributed by atoms with Crippen molar-refractivity contribution in [2.24, 2.45) is 5.73 Å². The van der Waals surface area contributed by atoms with Gasteiger partial charge in [-0.3, -0.25) is 4.90 Å². The first kappa shape index (κ1) is 31.6. The molecular formula is C33H44N4O7. The van der Waals surface area contributed by atoms with Crippen molar-refractivity contribution in [3.63, 3.8) is 0 Å². The molecule has 0 saturated carbocycles. The molecule has 5 N–H and O–H groups in total. The van der Waals surface area contributed by atoms with E-state index in [-0.39, 0.29) is 18.4 Å². The van der Waals surface area contributed by atoms with Gasteiger partial charge in [-0.25, -0.2) is 4.79 Å². The summed E-state index contributed by atoms with van der Waals surface area (Å²) < 4.78 is 22.3. The number of aliphatic hydroxyl groups is 1. The van der Waals surface area contributed by atoms with Gasteiger partial charge < -0.3 is 44.5 Å². The number of aromatic carboxylic acids is 1. The SMILES string of the molecule is COc1cc(OC)c2c(COc3cccc4[nH]c(C(=O)O)cc34)coc2c1.C[C@@H](CN1CCC(N)CC1)N1CCC(O)CC1. The van der Waals surface area contributed by atoms with E-state index in [0.717, 1.165) is 69.4 Å². The average Bonchev–Trinajstić information content (AvgIpc) is 3.66. The van der Waals surface area contributed by atoms with Gasteiger partial charge in [0.2, 0.25) is 0 Å². The largest absolute Gasteiger partial charge is 0.496 e. The fraction of sp³-hybridized carbons (Fsp3) is 0.485. The van der Waals surface area contributed by atoms with E-state index in [9.17, 15) is 9.90 Å². The smallest absolute Gasteiger partial charge is 0.352 e. The summed E-state index contributed by atoms with van der Waals surface area (Å²) in [6.45, 7) is 8.12. The van der Waals surface area contributed by atoms with Crippen molar-refractivity contribution < 1.29 is 33.6 Å². The van der Waals surface area contributed by atoms with Crippen LogP contribution in [-0.4, -0.2) is 96.1 Å². The van der Waals surface area contributed by atoms with Gasteiger partial charge in [0, 0.05) is 60.3 Å². The van der Waals surface area contributed by atoms with Gasteiger partial charge in [0.25, 0.3) is 0 Å². The van der Waals surface area contributed by atoms with Gasteiger partial charge in [-0.15, -0.1) is 0 Å². The van der Waals surface area contributed by atoms with E-state index in [1.807, 2.05) is 0 Å². The Bertz CT molecular complexity index is 1530. The average molecular weight is 609 g/mol. The molecule has 2 aliphatic rings. The lowest BCUT2D eigenvalue weighted by molar-refractivity contribution is 0.0507. The first-order valence-electron chi connectivity index (χ1n) is 15.3. The molecule has 6 rings (SSSR count). The minimum Gasteiger partial charge on any atom is -0.496 e. The number of nitrogens with zero attached hydrogens (tertiary/aromatic N) is 2. The third kappa shape index (κ3) is 7.47. The molecule has 2 fully saturated rings. The number of aromatic amines is 1. The molecule has 0 radical (unpaired) electrons. The molecule has 0 spiro atoms. The van der Waals surface area contributed by atoms with E-state index in [4.69, 9.17) is 29.5 Å². The van der Waals surface area contributed by atoms with Crippen molar-refractivity contribution in [3.8, 4) is 17.2 Å². The monoisotopic (exact) mass is 608 g/mol. The number of methoxy groups -OCH3 is 2. The summed E-state index contributed by atoms with van der Waals surface area (Å²) in [4.78, 5) is 19.1. The zero-order chi connectivity index (χ0) is 31.2. The molecular weight excluding hydrogens is 564 g/mol. The molecule has 11 nitrogen and oxygen atoms in total. The van der Waals surface area contributed by atoms with Gasteiger partial charge >= 0.3 is 5.97 Å². The number of aliphatic hydroxyl groups excluding tert-OH is 1. The molecule has 2 aromatic carbocycles. The number of rotatable bonds is 9. The molecule has 4 aromatic rings. The Morgan fingerprint density at radius 2 is 1.82 bits per heavy atom. The molecule has 4 heterocycles. The zero-order valence-corrected chi connectivity index (χ0v) is 25.8. The highest BCUT2D eigenvalue weighted by atomic mass is 16.5. The van der Waals surface area contributed by atoms with Crippen LogP contribution >= 0.6 is 0 Å². The highest BCUT2D eigenvalue weighted by molar-refractivity contribution is 5.96. The van der Waals surface area contributed by atoms with Crippen LogP contribution in [0, 0.1) is 0 Å². The number of nitrogens with two attached hydrogens (primary N) is 1. The molecule has 0 amide bonds. The van der Waals surface area contributed by atoms with Gasteiger partial charge in [-0.1, -0.05) is 6.07 Å². The number of aromatic nitrogens is 1. The van der Waals surface area contributed by atoms with E-state index in [1.165, 1.54) is 0 Å². The third-order valence-electron chi connectivity index (χ3n) is 8.66. The molecule has 2 aromatic heterocycles. The predicted molar refractivity (Wildman–Crippen MR) is 169 cm³/mol. The van der Waals surface area contributed by atoms with Crippen molar-refractivity contribution >= 4 is 27.8 Å². The van der Waals surface area contributed by atoms with Gasteiger partial charge in [0.05, 0.1) is 32.0 Å². The second-order valence-electron chi connectivity index (χ2n) is 11.7. The molecule has 2 aliphatic heterocycles. The summed E-state index contributed by atoms with van der Waals surface area (Å²) in [6.07, 6.45) is 5.72. The van der Waals surface area contributed by atoms with Gasteiger partial charge in [0.1, 0.15) is 35.1 Å². The number of benzene rings is 2.